The van der Waals surface area contributed by atoms with Crippen LogP contribution in [0.3, 0.4) is 0 Å². The predicted octanol–water partition coefficient (Wildman–Crippen LogP) is 7.93. The van der Waals surface area contributed by atoms with Gasteiger partial charge in [0.1, 0.15) is 17.4 Å². The first-order valence-corrected chi connectivity index (χ1v) is 12.4. The molecule has 35 heavy (non-hydrogen) atoms. The van der Waals surface area contributed by atoms with Crippen molar-refractivity contribution in [3.8, 4) is 5.75 Å². The van der Waals surface area contributed by atoms with Gasteiger partial charge in [0.25, 0.3) is 0 Å². The van der Waals surface area contributed by atoms with Crippen LogP contribution >= 0.6 is 0 Å². The predicted molar refractivity (Wildman–Crippen MR) is 144 cm³/mol. The molecule has 0 fully saturated rings. The van der Waals surface area contributed by atoms with Gasteiger partial charge in [-0.1, -0.05) is 85.3 Å². The van der Waals surface area contributed by atoms with E-state index in [-0.39, 0.29) is 17.6 Å². The van der Waals surface area contributed by atoms with Crippen LogP contribution in [0.5, 0.6) is 5.75 Å². The van der Waals surface area contributed by atoms with Gasteiger partial charge >= 0.3 is 5.63 Å². The highest BCUT2D eigenvalue weighted by Crippen LogP contribution is 2.46. The number of benzene rings is 3. The Hall–Kier alpha value is -3.85. The van der Waals surface area contributed by atoms with Crippen LogP contribution in [-0.2, 0) is 0 Å². The standard InChI is InChI=1S/C32H30O3/c1-23-22-30(33)35-32-26(23)19-21-29-31(32)27(28(34-29)20-18-25-15-9-5-10-16-25)17-11-3-2-6-12-24-13-7-4-8-14-24/h4-10,12-16,18-22,27-28H,2-3,11,17H2,1H3/b12-6+,20-18+. The molecule has 1 aliphatic rings. The number of fused-ring (bicyclic) bond motifs is 3. The molecule has 3 heteroatoms. The average Bonchev–Trinajstić information content (AvgIpc) is 3.24. The molecule has 1 aliphatic heterocycles. The molecule has 0 saturated carbocycles. The van der Waals surface area contributed by atoms with E-state index in [2.05, 4.69) is 60.7 Å². The van der Waals surface area contributed by atoms with E-state index in [1.54, 1.807) is 6.07 Å². The van der Waals surface area contributed by atoms with Crippen LogP contribution in [0.2, 0.25) is 0 Å². The first-order valence-electron chi connectivity index (χ1n) is 12.4. The number of hydrogen-bond donors (Lipinski definition) is 0. The number of unbranched alkanes of at least 4 members (excludes halogenated alkanes) is 2. The molecule has 0 saturated heterocycles. The minimum Gasteiger partial charge on any atom is -0.485 e. The monoisotopic (exact) mass is 462 g/mol. The molecule has 1 aromatic heterocycles. The SMILES string of the molecule is Cc1cc(=O)oc2c3c(ccc12)OC(/C=C/c1ccccc1)C3CCCC/C=C/c1ccccc1. The van der Waals surface area contributed by atoms with Crippen molar-refractivity contribution in [1.29, 1.82) is 0 Å². The summed E-state index contributed by atoms with van der Waals surface area (Å²) in [6.07, 6.45) is 12.8. The zero-order valence-corrected chi connectivity index (χ0v) is 20.0. The minimum atomic E-state index is -0.309. The Morgan fingerprint density at radius 3 is 2.31 bits per heavy atom. The molecule has 2 unspecified atom stereocenters. The van der Waals surface area contributed by atoms with E-state index < -0.39 is 0 Å². The Balaban J connectivity index is 1.36. The summed E-state index contributed by atoms with van der Waals surface area (Å²) >= 11 is 0. The van der Waals surface area contributed by atoms with Crippen molar-refractivity contribution >= 4 is 23.1 Å². The molecule has 0 N–H and O–H groups in total. The van der Waals surface area contributed by atoms with E-state index in [1.807, 2.05) is 43.3 Å². The van der Waals surface area contributed by atoms with Gasteiger partial charge in [-0.2, -0.15) is 0 Å². The van der Waals surface area contributed by atoms with Crippen molar-refractivity contribution in [2.45, 2.75) is 44.6 Å². The van der Waals surface area contributed by atoms with Gasteiger partial charge in [0, 0.05) is 22.9 Å². The van der Waals surface area contributed by atoms with Gasteiger partial charge in [-0.3, -0.25) is 0 Å². The lowest BCUT2D eigenvalue weighted by atomic mass is 9.88. The van der Waals surface area contributed by atoms with Crippen LogP contribution in [0.25, 0.3) is 23.1 Å². The van der Waals surface area contributed by atoms with Crippen molar-refractivity contribution in [3.05, 3.63) is 124 Å². The summed E-state index contributed by atoms with van der Waals surface area (Å²) in [4.78, 5) is 12.2. The summed E-state index contributed by atoms with van der Waals surface area (Å²) in [6.45, 7) is 1.96. The largest absolute Gasteiger partial charge is 0.485 e. The fraction of sp³-hybridized carbons (Fsp3) is 0.219. The quantitative estimate of drug-likeness (QED) is 0.197. The van der Waals surface area contributed by atoms with Crippen LogP contribution in [0.4, 0.5) is 0 Å². The summed E-state index contributed by atoms with van der Waals surface area (Å²) in [6, 6.07) is 26.2. The molecule has 2 atom stereocenters. The van der Waals surface area contributed by atoms with Gasteiger partial charge < -0.3 is 9.15 Å². The molecule has 0 aliphatic carbocycles. The van der Waals surface area contributed by atoms with Crippen LogP contribution < -0.4 is 10.4 Å². The van der Waals surface area contributed by atoms with Crippen molar-refractivity contribution in [3.63, 3.8) is 0 Å². The summed E-state index contributed by atoms with van der Waals surface area (Å²) in [5, 5.41) is 0.982. The van der Waals surface area contributed by atoms with Gasteiger partial charge in [0.15, 0.2) is 0 Å². The van der Waals surface area contributed by atoms with E-state index in [4.69, 9.17) is 9.15 Å². The lowest BCUT2D eigenvalue weighted by Gasteiger charge is -2.16. The number of ether oxygens (including phenoxy) is 1. The van der Waals surface area contributed by atoms with Gasteiger partial charge in [-0.25, -0.2) is 4.79 Å². The van der Waals surface area contributed by atoms with E-state index >= 15 is 0 Å². The first kappa shape index (κ1) is 22.9. The molecule has 4 aromatic rings. The number of hydrogen-bond acceptors (Lipinski definition) is 3. The van der Waals surface area contributed by atoms with Crippen molar-refractivity contribution < 1.29 is 9.15 Å². The van der Waals surface area contributed by atoms with Gasteiger partial charge in [0.2, 0.25) is 0 Å². The highest BCUT2D eigenvalue weighted by molar-refractivity contribution is 5.86. The normalized spacial score (nSPS) is 17.3. The maximum absolute atomic E-state index is 12.2. The van der Waals surface area contributed by atoms with Crippen molar-refractivity contribution in [2.75, 3.05) is 0 Å². The second-order valence-electron chi connectivity index (χ2n) is 9.16. The Morgan fingerprint density at radius 1 is 0.857 bits per heavy atom. The molecule has 176 valence electrons. The van der Waals surface area contributed by atoms with Crippen molar-refractivity contribution in [2.24, 2.45) is 0 Å². The maximum Gasteiger partial charge on any atom is 0.336 e. The smallest absolute Gasteiger partial charge is 0.336 e. The number of allylic oxidation sites excluding steroid dienone is 1. The van der Waals surface area contributed by atoms with Gasteiger partial charge in [-0.15, -0.1) is 0 Å². The lowest BCUT2D eigenvalue weighted by Crippen LogP contribution is -2.16. The molecule has 3 nitrogen and oxygen atoms in total. The van der Waals surface area contributed by atoms with Gasteiger partial charge in [-0.05, 0) is 61.1 Å². The van der Waals surface area contributed by atoms with E-state index in [0.717, 1.165) is 53.5 Å². The first-order chi connectivity index (χ1) is 17.2. The molecule has 3 aromatic carbocycles. The Kier molecular flexibility index (Phi) is 6.94. The highest BCUT2D eigenvalue weighted by Gasteiger charge is 2.35. The molecule has 0 spiro atoms. The Labute approximate surface area is 206 Å². The summed E-state index contributed by atoms with van der Waals surface area (Å²) in [5.41, 5.74) is 4.71. The van der Waals surface area contributed by atoms with Crippen molar-refractivity contribution in [1.82, 2.24) is 0 Å². The molecular weight excluding hydrogens is 432 g/mol. The van der Waals surface area contributed by atoms with Crippen LogP contribution in [0.1, 0.15) is 53.9 Å². The highest BCUT2D eigenvalue weighted by atomic mass is 16.5. The number of aryl methyl sites for hydroxylation is 1. The molecule has 2 heterocycles. The van der Waals surface area contributed by atoms with Crippen LogP contribution in [-0.4, -0.2) is 6.10 Å². The third-order valence-corrected chi connectivity index (χ3v) is 6.67. The van der Waals surface area contributed by atoms with E-state index in [9.17, 15) is 4.79 Å². The average molecular weight is 463 g/mol. The van der Waals surface area contributed by atoms with Gasteiger partial charge in [0.05, 0.1) is 0 Å². The van der Waals surface area contributed by atoms with Crippen LogP contribution in [0, 0.1) is 6.92 Å². The third kappa shape index (κ3) is 5.30. The molecule has 0 radical (unpaired) electrons. The zero-order chi connectivity index (χ0) is 24.0. The summed E-state index contributed by atoms with van der Waals surface area (Å²) in [5.74, 6) is 0.958. The molecule has 5 rings (SSSR count). The summed E-state index contributed by atoms with van der Waals surface area (Å²) in [7, 11) is 0. The second-order valence-corrected chi connectivity index (χ2v) is 9.16. The Bertz CT molecular complexity index is 1400. The zero-order valence-electron chi connectivity index (χ0n) is 20.0. The number of rotatable bonds is 8. The maximum atomic E-state index is 12.2. The van der Waals surface area contributed by atoms with Crippen LogP contribution in [0.15, 0.2) is 100 Å². The third-order valence-electron chi connectivity index (χ3n) is 6.67. The Morgan fingerprint density at radius 2 is 1.57 bits per heavy atom. The van der Waals surface area contributed by atoms with E-state index in [1.165, 1.54) is 5.56 Å². The fourth-order valence-electron chi connectivity index (χ4n) is 4.90. The minimum absolute atomic E-state index is 0.0959. The lowest BCUT2D eigenvalue weighted by molar-refractivity contribution is 0.249. The van der Waals surface area contributed by atoms with E-state index in [0.29, 0.717) is 5.58 Å². The molecule has 0 bridgehead atoms. The second kappa shape index (κ2) is 10.6. The molecule has 0 amide bonds. The summed E-state index contributed by atoms with van der Waals surface area (Å²) < 4.78 is 12.2. The fourth-order valence-corrected chi connectivity index (χ4v) is 4.90. The topological polar surface area (TPSA) is 39.4 Å². The molecular formula is C32H30O3.